The second-order valence-electron chi connectivity index (χ2n) is 5.96. The summed E-state index contributed by atoms with van der Waals surface area (Å²) in [5.41, 5.74) is 1.61. The molecule has 2 aromatic carbocycles. The van der Waals surface area contributed by atoms with Crippen molar-refractivity contribution in [2.24, 2.45) is 0 Å². The van der Waals surface area contributed by atoms with Crippen molar-refractivity contribution in [3.8, 4) is 22.7 Å². The van der Waals surface area contributed by atoms with Crippen LogP contribution in [0.4, 0.5) is 13.9 Å². The summed E-state index contributed by atoms with van der Waals surface area (Å²) in [7, 11) is 1.49. The fraction of sp³-hybridized carbons (Fsp3) is 0.0500. The Morgan fingerprint density at radius 1 is 1.14 bits per heavy atom. The van der Waals surface area contributed by atoms with Gasteiger partial charge in [0, 0.05) is 17.1 Å². The van der Waals surface area contributed by atoms with Gasteiger partial charge < -0.3 is 4.74 Å². The lowest BCUT2D eigenvalue weighted by molar-refractivity contribution is 0.102. The predicted molar refractivity (Wildman–Crippen MR) is 106 cm³/mol. The van der Waals surface area contributed by atoms with Crippen LogP contribution in [0.2, 0.25) is 0 Å². The van der Waals surface area contributed by atoms with Crippen LogP contribution in [0.15, 0.2) is 60.1 Å². The molecule has 0 saturated carbocycles. The maximum Gasteiger partial charge on any atom is 0.277 e. The zero-order valence-corrected chi connectivity index (χ0v) is 15.9. The van der Waals surface area contributed by atoms with Gasteiger partial charge in [-0.2, -0.15) is 5.10 Å². The maximum absolute atomic E-state index is 13.6. The van der Waals surface area contributed by atoms with Crippen molar-refractivity contribution in [3.63, 3.8) is 0 Å². The number of hydrogen-bond donors (Lipinski definition) is 1. The smallest absolute Gasteiger partial charge is 0.277 e. The summed E-state index contributed by atoms with van der Waals surface area (Å²) in [4.78, 5) is 16.8. The van der Waals surface area contributed by atoms with E-state index >= 15 is 0 Å². The molecule has 1 amide bonds. The highest BCUT2D eigenvalue weighted by atomic mass is 32.1. The summed E-state index contributed by atoms with van der Waals surface area (Å²) in [5, 5.41) is 8.85. The highest BCUT2D eigenvalue weighted by Gasteiger charge is 2.15. The van der Waals surface area contributed by atoms with Crippen LogP contribution in [-0.2, 0) is 0 Å². The summed E-state index contributed by atoms with van der Waals surface area (Å²) in [6.07, 6.45) is 1.56. The highest BCUT2D eigenvalue weighted by molar-refractivity contribution is 7.14. The quantitative estimate of drug-likeness (QED) is 0.523. The van der Waals surface area contributed by atoms with Crippen molar-refractivity contribution in [1.82, 2.24) is 14.8 Å². The van der Waals surface area contributed by atoms with Crippen LogP contribution >= 0.6 is 11.3 Å². The number of nitrogens with zero attached hydrogens (tertiary/aromatic N) is 3. The van der Waals surface area contributed by atoms with Crippen LogP contribution in [-0.4, -0.2) is 27.8 Å². The van der Waals surface area contributed by atoms with Gasteiger partial charge in [0.25, 0.3) is 5.91 Å². The van der Waals surface area contributed by atoms with Gasteiger partial charge >= 0.3 is 0 Å². The van der Waals surface area contributed by atoms with Crippen molar-refractivity contribution in [2.75, 3.05) is 12.4 Å². The number of hydrogen-bond acceptors (Lipinski definition) is 5. The van der Waals surface area contributed by atoms with Crippen molar-refractivity contribution < 1.29 is 18.3 Å². The summed E-state index contributed by atoms with van der Waals surface area (Å²) < 4.78 is 33.6. The maximum atomic E-state index is 13.6. The minimum Gasteiger partial charge on any atom is -0.496 e. The molecule has 4 aromatic rings. The van der Waals surface area contributed by atoms with Gasteiger partial charge in [0.05, 0.1) is 18.5 Å². The number of nitrogens with one attached hydrogen (secondary N) is 1. The summed E-state index contributed by atoms with van der Waals surface area (Å²) in [6.45, 7) is 0. The number of anilines is 1. The number of carbonyl (C=O) groups excluding carboxylic acids is 1. The Hall–Kier alpha value is -3.59. The lowest BCUT2D eigenvalue weighted by Crippen LogP contribution is -2.13. The van der Waals surface area contributed by atoms with Crippen molar-refractivity contribution in [1.29, 1.82) is 0 Å². The summed E-state index contributed by atoms with van der Waals surface area (Å²) in [5.74, 6) is -0.801. The minimum absolute atomic E-state index is 0.148. The molecule has 0 saturated heterocycles. The number of methoxy groups -OCH3 is 1. The average molecular weight is 412 g/mol. The topological polar surface area (TPSA) is 69.0 Å². The van der Waals surface area contributed by atoms with E-state index in [-0.39, 0.29) is 5.69 Å². The Balaban J connectivity index is 1.53. The van der Waals surface area contributed by atoms with E-state index in [0.717, 1.165) is 0 Å². The molecule has 4 rings (SSSR count). The third-order valence-electron chi connectivity index (χ3n) is 4.06. The molecule has 0 radical (unpaired) electrons. The van der Waals surface area contributed by atoms with E-state index in [1.165, 1.54) is 59.5 Å². The third kappa shape index (κ3) is 3.99. The van der Waals surface area contributed by atoms with Gasteiger partial charge in [-0.1, -0.05) is 6.07 Å². The standard InChI is InChI=1S/C20H14F2N4O2S/c1-28-18-6-5-13(22)10-15(18)17-11-29-20(23-17)24-19(27)16-7-8-26(25-16)14-4-2-3-12(21)9-14/h2-11H,1H3,(H,23,24,27). The molecule has 0 aliphatic carbocycles. The number of carbonyl (C=O) groups is 1. The lowest BCUT2D eigenvalue weighted by Gasteiger charge is -2.05. The van der Waals surface area contributed by atoms with Crippen molar-refractivity contribution in [2.45, 2.75) is 0 Å². The van der Waals surface area contributed by atoms with Crippen LogP contribution in [0.3, 0.4) is 0 Å². The van der Waals surface area contributed by atoms with Crippen LogP contribution in [0, 0.1) is 11.6 Å². The van der Waals surface area contributed by atoms with E-state index in [0.29, 0.717) is 27.8 Å². The van der Waals surface area contributed by atoms with E-state index in [4.69, 9.17) is 4.74 Å². The van der Waals surface area contributed by atoms with Gasteiger partial charge in [0.1, 0.15) is 17.4 Å². The Labute approximate surface area is 168 Å². The molecular formula is C20H14F2N4O2S. The predicted octanol–water partition coefficient (Wildman–Crippen LogP) is 4.53. The molecule has 0 fully saturated rings. The van der Waals surface area contributed by atoms with Crippen LogP contribution in [0.25, 0.3) is 16.9 Å². The van der Waals surface area contributed by atoms with Gasteiger partial charge in [-0.3, -0.25) is 10.1 Å². The number of ether oxygens (including phenoxy) is 1. The normalized spacial score (nSPS) is 10.7. The second kappa shape index (κ2) is 7.80. The molecule has 6 nitrogen and oxygen atoms in total. The summed E-state index contributed by atoms with van der Waals surface area (Å²) >= 11 is 1.19. The number of benzene rings is 2. The third-order valence-corrected chi connectivity index (χ3v) is 4.81. The van der Waals surface area contributed by atoms with Gasteiger partial charge in [-0.25, -0.2) is 18.4 Å². The molecule has 0 unspecified atom stereocenters. The number of rotatable bonds is 5. The van der Waals surface area contributed by atoms with E-state index in [2.05, 4.69) is 15.4 Å². The molecule has 9 heteroatoms. The Morgan fingerprint density at radius 2 is 1.97 bits per heavy atom. The number of aromatic nitrogens is 3. The zero-order chi connectivity index (χ0) is 20.4. The number of thiazole rings is 1. The minimum atomic E-state index is -0.465. The highest BCUT2D eigenvalue weighted by Crippen LogP contribution is 2.32. The number of amides is 1. The van der Waals surface area contributed by atoms with Crippen molar-refractivity contribution in [3.05, 3.63) is 77.4 Å². The monoisotopic (exact) mass is 412 g/mol. The fourth-order valence-electron chi connectivity index (χ4n) is 2.70. The lowest BCUT2D eigenvalue weighted by atomic mass is 10.1. The molecule has 0 atom stereocenters. The van der Waals surface area contributed by atoms with E-state index in [9.17, 15) is 13.6 Å². The van der Waals surface area contributed by atoms with E-state index < -0.39 is 17.5 Å². The SMILES string of the molecule is COc1ccc(F)cc1-c1csc(NC(=O)c2ccn(-c3cccc(F)c3)n2)n1. The van der Waals surface area contributed by atoms with Gasteiger partial charge in [-0.15, -0.1) is 11.3 Å². The van der Waals surface area contributed by atoms with Crippen LogP contribution in [0.5, 0.6) is 5.75 Å². The number of halogens is 2. The summed E-state index contributed by atoms with van der Waals surface area (Å²) in [6, 6.07) is 11.5. The van der Waals surface area contributed by atoms with Crippen LogP contribution in [0.1, 0.15) is 10.5 Å². The molecule has 0 aliphatic rings. The first-order valence-corrected chi connectivity index (χ1v) is 9.34. The zero-order valence-electron chi connectivity index (χ0n) is 15.1. The van der Waals surface area contributed by atoms with Crippen LogP contribution < -0.4 is 10.1 Å². The second-order valence-corrected chi connectivity index (χ2v) is 6.82. The molecular weight excluding hydrogens is 398 g/mol. The average Bonchev–Trinajstić information content (AvgIpc) is 3.38. The first kappa shape index (κ1) is 18.8. The fourth-order valence-corrected chi connectivity index (χ4v) is 3.41. The Morgan fingerprint density at radius 3 is 2.76 bits per heavy atom. The molecule has 1 N–H and O–H groups in total. The largest absolute Gasteiger partial charge is 0.496 e. The van der Waals surface area contributed by atoms with Gasteiger partial charge in [-0.05, 0) is 42.5 Å². The molecule has 0 spiro atoms. The first-order valence-electron chi connectivity index (χ1n) is 8.46. The van der Waals surface area contributed by atoms with Gasteiger partial charge in [0.15, 0.2) is 10.8 Å². The molecule has 2 aromatic heterocycles. The van der Waals surface area contributed by atoms with E-state index in [1.54, 1.807) is 23.7 Å². The molecule has 0 bridgehead atoms. The molecule has 146 valence electrons. The Kier molecular flexibility index (Phi) is 5.05. The molecule has 29 heavy (non-hydrogen) atoms. The first-order chi connectivity index (χ1) is 14.0. The Bertz CT molecular complexity index is 1190. The van der Waals surface area contributed by atoms with Gasteiger partial charge in [0.2, 0.25) is 0 Å². The molecule has 2 heterocycles. The van der Waals surface area contributed by atoms with Crippen molar-refractivity contribution >= 4 is 22.4 Å². The van der Waals surface area contributed by atoms with E-state index in [1.807, 2.05) is 0 Å². The molecule has 0 aliphatic heterocycles.